The zero-order chi connectivity index (χ0) is 16.9. The summed E-state index contributed by atoms with van der Waals surface area (Å²) in [6.45, 7) is 0. The summed E-state index contributed by atoms with van der Waals surface area (Å²) in [4.78, 5) is 28.3. The van der Waals surface area contributed by atoms with Gasteiger partial charge in [0.2, 0.25) is 17.0 Å². The maximum atomic E-state index is 12.0. The number of aromatic amines is 1. The minimum absolute atomic E-state index is 0.180. The molecular formula is C15H13N5O2S2. The molecule has 0 fully saturated rings. The van der Waals surface area contributed by atoms with E-state index >= 15 is 0 Å². The number of anilines is 1. The minimum atomic E-state index is -0.505. The predicted octanol–water partition coefficient (Wildman–Crippen LogP) is 2.36. The predicted molar refractivity (Wildman–Crippen MR) is 94.0 cm³/mol. The second kappa shape index (κ2) is 7.28. The average molecular weight is 359 g/mol. The number of carbonyl (C=O) groups is 2. The van der Waals surface area contributed by atoms with Crippen LogP contribution in [0, 0.1) is 0 Å². The Kier molecular flexibility index (Phi) is 4.92. The zero-order valence-electron chi connectivity index (χ0n) is 12.4. The molecule has 3 rings (SSSR count). The minimum Gasteiger partial charge on any atom is -0.366 e. The number of rotatable bonds is 6. The summed E-state index contributed by atoms with van der Waals surface area (Å²) in [6.07, 6.45) is 0. The van der Waals surface area contributed by atoms with Gasteiger partial charge in [0.1, 0.15) is 0 Å². The topological polar surface area (TPSA) is 114 Å². The van der Waals surface area contributed by atoms with Gasteiger partial charge in [-0.1, -0.05) is 17.8 Å². The number of primary amides is 1. The molecule has 2 amide bonds. The highest BCUT2D eigenvalue weighted by Gasteiger charge is 2.10. The zero-order valence-corrected chi connectivity index (χ0v) is 14.0. The van der Waals surface area contributed by atoms with Gasteiger partial charge in [-0.2, -0.15) is 0 Å². The molecule has 0 aliphatic carbocycles. The number of nitrogens with zero attached hydrogens (tertiary/aromatic N) is 2. The average Bonchev–Trinajstić information content (AvgIpc) is 3.25. The lowest BCUT2D eigenvalue weighted by Gasteiger charge is -2.04. The van der Waals surface area contributed by atoms with Gasteiger partial charge in [0, 0.05) is 11.3 Å². The van der Waals surface area contributed by atoms with Crippen molar-refractivity contribution in [1.82, 2.24) is 15.2 Å². The summed E-state index contributed by atoms with van der Waals surface area (Å²) >= 11 is 2.80. The van der Waals surface area contributed by atoms with E-state index in [2.05, 4.69) is 20.5 Å². The first kappa shape index (κ1) is 16.2. The van der Waals surface area contributed by atoms with Crippen LogP contribution < -0.4 is 11.1 Å². The fourth-order valence-corrected chi connectivity index (χ4v) is 3.14. The molecule has 2 heterocycles. The summed E-state index contributed by atoms with van der Waals surface area (Å²) in [5, 5.41) is 12.1. The van der Waals surface area contributed by atoms with E-state index in [1.165, 1.54) is 11.8 Å². The molecule has 7 nitrogen and oxygen atoms in total. The van der Waals surface area contributed by atoms with Crippen LogP contribution in [0.5, 0.6) is 0 Å². The SMILES string of the molecule is NC(=O)c1ccc(NC(=O)CSc2n[nH]c(-c3cccs3)n2)cc1. The molecule has 0 bridgehead atoms. The molecule has 0 atom stereocenters. The smallest absolute Gasteiger partial charge is 0.248 e. The van der Waals surface area contributed by atoms with Gasteiger partial charge in [0.15, 0.2) is 5.82 Å². The second-order valence-electron chi connectivity index (χ2n) is 4.72. The number of hydrogen-bond acceptors (Lipinski definition) is 6. The first-order valence-electron chi connectivity index (χ1n) is 6.90. The Labute approximate surface area is 145 Å². The Morgan fingerprint density at radius 2 is 2.04 bits per heavy atom. The third kappa shape index (κ3) is 4.00. The van der Waals surface area contributed by atoms with Crippen molar-refractivity contribution in [3.05, 3.63) is 47.3 Å². The van der Waals surface area contributed by atoms with Crippen LogP contribution in [0.3, 0.4) is 0 Å². The number of amides is 2. The van der Waals surface area contributed by atoms with Crippen molar-refractivity contribution in [3.8, 4) is 10.7 Å². The second-order valence-corrected chi connectivity index (χ2v) is 6.61. The molecule has 3 aromatic rings. The number of carbonyl (C=O) groups excluding carboxylic acids is 2. The molecular weight excluding hydrogens is 346 g/mol. The molecule has 4 N–H and O–H groups in total. The van der Waals surface area contributed by atoms with Crippen molar-refractivity contribution in [2.75, 3.05) is 11.1 Å². The fourth-order valence-electron chi connectivity index (χ4n) is 1.88. The van der Waals surface area contributed by atoms with E-state index in [0.29, 0.717) is 22.2 Å². The molecule has 0 aliphatic rings. The van der Waals surface area contributed by atoms with Crippen LogP contribution in [-0.2, 0) is 4.79 Å². The number of thiophene rings is 1. The quantitative estimate of drug-likeness (QED) is 0.585. The van der Waals surface area contributed by atoms with Crippen molar-refractivity contribution in [1.29, 1.82) is 0 Å². The highest BCUT2D eigenvalue weighted by Crippen LogP contribution is 2.23. The van der Waals surface area contributed by atoms with Crippen molar-refractivity contribution in [3.63, 3.8) is 0 Å². The van der Waals surface area contributed by atoms with E-state index in [1.807, 2.05) is 17.5 Å². The van der Waals surface area contributed by atoms with Crippen LogP contribution in [-0.4, -0.2) is 32.7 Å². The molecule has 122 valence electrons. The van der Waals surface area contributed by atoms with Crippen LogP contribution in [0.15, 0.2) is 46.9 Å². The molecule has 0 unspecified atom stereocenters. The van der Waals surface area contributed by atoms with Gasteiger partial charge >= 0.3 is 0 Å². The van der Waals surface area contributed by atoms with Gasteiger partial charge in [0.25, 0.3) is 0 Å². The summed E-state index contributed by atoms with van der Waals surface area (Å²) in [5.41, 5.74) is 6.16. The van der Waals surface area contributed by atoms with E-state index in [1.54, 1.807) is 35.6 Å². The molecule has 0 saturated heterocycles. The Bertz CT molecular complexity index is 843. The summed E-state index contributed by atoms with van der Waals surface area (Å²) < 4.78 is 0. The van der Waals surface area contributed by atoms with Crippen molar-refractivity contribution >= 4 is 40.6 Å². The molecule has 1 aromatic carbocycles. The lowest BCUT2D eigenvalue weighted by Crippen LogP contribution is -2.15. The third-order valence-electron chi connectivity index (χ3n) is 3.00. The van der Waals surface area contributed by atoms with Crippen molar-refractivity contribution in [2.24, 2.45) is 5.73 Å². The Morgan fingerprint density at radius 1 is 1.25 bits per heavy atom. The summed E-state index contributed by atoms with van der Waals surface area (Å²) in [7, 11) is 0. The van der Waals surface area contributed by atoms with Crippen LogP contribution in [0.4, 0.5) is 5.69 Å². The number of hydrogen-bond donors (Lipinski definition) is 3. The molecule has 0 radical (unpaired) electrons. The van der Waals surface area contributed by atoms with Gasteiger partial charge in [-0.3, -0.25) is 14.7 Å². The summed E-state index contributed by atoms with van der Waals surface area (Å²) in [5.74, 6) is 0.179. The molecule has 0 saturated carbocycles. The van der Waals surface area contributed by atoms with E-state index in [4.69, 9.17) is 5.73 Å². The van der Waals surface area contributed by atoms with E-state index in [0.717, 1.165) is 4.88 Å². The molecule has 2 aromatic heterocycles. The highest BCUT2D eigenvalue weighted by atomic mass is 32.2. The van der Waals surface area contributed by atoms with Crippen LogP contribution in [0.25, 0.3) is 10.7 Å². The molecule has 0 aliphatic heterocycles. The lowest BCUT2D eigenvalue weighted by molar-refractivity contribution is -0.113. The van der Waals surface area contributed by atoms with Gasteiger partial charge in [-0.05, 0) is 35.7 Å². The summed E-state index contributed by atoms with van der Waals surface area (Å²) in [6, 6.07) is 10.3. The Hall–Kier alpha value is -2.65. The Morgan fingerprint density at radius 3 is 2.71 bits per heavy atom. The molecule has 24 heavy (non-hydrogen) atoms. The van der Waals surface area contributed by atoms with E-state index < -0.39 is 5.91 Å². The maximum Gasteiger partial charge on any atom is 0.248 e. The number of H-pyrrole nitrogens is 1. The number of nitrogens with two attached hydrogens (primary N) is 1. The Balaban J connectivity index is 1.53. The van der Waals surface area contributed by atoms with Crippen molar-refractivity contribution in [2.45, 2.75) is 5.16 Å². The van der Waals surface area contributed by atoms with E-state index in [9.17, 15) is 9.59 Å². The standard InChI is InChI=1S/C15H13N5O2S2/c16-13(22)9-3-5-10(6-4-9)17-12(21)8-24-15-18-14(19-20-15)11-2-1-7-23-11/h1-7H,8H2,(H2,16,22)(H,17,21)(H,18,19,20). The molecule has 0 spiro atoms. The number of thioether (sulfide) groups is 1. The first-order valence-corrected chi connectivity index (χ1v) is 8.77. The van der Waals surface area contributed by atoms with Crippen LogP contribution in [0.1, 0.15) is 10.4 Å². The van der Waals surface area contributed by atoms with Crippen LogP contribution in [0.2, 0.25) is 0 Å². The van der Waals surface area contributed by atoms with E-state index in [-0.39, 0.29) is 11.7 Å². The van der Waals surface area contributed by atoms with Gasteiger partial charge < -0.3 is 11.1 Å². The normalized spacial score (nSPS) is 10.5. The van der Waals surface area contributed by atoms with Crippen molar-refractivity contribution < 1.29 is 9.59 Å². The molecule has 9 heteroatoms. The lowest BCUT2D eigenvalue weighted by atomic mass is 10.2. The first-order chi connectivity index (χ1) is 11.6. The maximum absolute atomic E-state index is 12.0. The highest BCUT2D eigenvalue weighted by molar-refractivity contribution is 7.99. The van der Waals surface area contributed by atoms with Gasteiger partial charge in [0.05, 0.1) is 10.6 Å². The number of aromatic nitrogens is 3. The fraction of sp³-hybridized carbons (Fsp3) is 0.0667. The van der Waals surface area contributed by atoms with Gasteiger partial charge in [-0.25, -0.2) is 4.98 Å². The number of benzene rings is 1. The van der Waals surface area contributed by atoms with Crippen LogP contribution >= 0.6 is 23.1 Å². The third-order valence-corrected chi connectivity index (χ3v) is 4.73. The van der Waals surface area contributed by atoms with Gasteiger partial charge in [-0.15, -0.1) is 16.4 Å². The largest absolute Gasteiger partial charge is 0.366 e. The number of nitrogens with one attached hydrogen (secondary N) is 2. The monoisotopic (exact) mass is 359 g/mol.